The highest BCUT2D eigenvalue weighted by molar-refractivity contribution is 5.95. The lowest BCUT2D eigenvalue weighted by Crippen LogP contribution is -2.39. The average Bonchev–Trinajstić information content (AvgIpc) is 2.64. The fraction of sp³-hybridized carbons (Fsp3) is 0.545. The van der Waals surface area contributed by atoms with Crippen molar-refractivity contribution >= 4 is 11.9 Å². The van der Waals surface area contributed by atoms with E-state index in [-0.39, 0.29) is 18.4 Å². The van der Waals surface area contributed by atoms with Crippen molar-refractivity contribution in [3.63, 3.8) is 0 Å². The van der Waals surface area contributed by atoms with Crippen molar-refractivity contribution in [2.45, 2.75) is 33.2 Å². The lowest BCUT2D eigenvalue weighted by Gasteiger charge is -2.26. The molecule has 94 valence electrons. The van der Waals surface area contributed by atoms with Gasteiger partial charge in [-0.2, -0.15) is 0 Å². The van der Waals surface area contributed by atoms with E-state index in [9.17, 15) is 9.59 Å². The molecule has 1 atom stereocenters. The van der Waals surface area contributed by atoms with Crippen LogP contribution in [0.3, 0.4) is 0 Å². The van der Waals surface area contributed by atoms with Crippen LogP contribution in [0.15, 0.2) is 10.7 Å². The molecule has 17 heavy (non-hydrogen) atoms. The fourth-order valence-corrected chi connectivity index (χ4v) is 1.68. The Morgan fingerprint density at radius 3 is 2.65 bits per heavy atom. The number of amides is 1. The maximum Gasteiger partial charge on any atom is 0.305 e. The van der Waals surface area contributed by atoms with E-state index in [0.29, 0.717) is 17.9 Å². The molecule has 0 aromatic carbocycles. The largest absolute Gasteiger partial charge is 0.481 e. The van der Waals surface area contributed by atoms with E-state index in [0.717, 1.165) is 0 Å². The van der Waals surface area contributed by atoms with E-state index < -0.39 is 5.97 Å². The maximum absolute atomic E-state index is 12.1. The van der Waals surface area contributed by atoms with Crippen molar-refractivity contribution in [3.8, 4) is 0 Å². The van der Waals surface area contributed by atoms with Crippen LogP contribution in [0, 0.1) is 6.92 Å². The molecule has 1 aromatic heterocycles. The van der Waals surface area contributed by atoms with Gasteiger partial charge in [0.05, 0.1) is 12.6 Å². The number of hydrogen-bond donors (Lipinski definition) is 1. The van der Waals surface area contributed by atoms with E-state index in [1.807, 2.05) is 0 Å². The van der Waals surface area contributed by atoms with Crippen LogP contribution < -0.4 is 0 Å². The molecule has 1 aromatic rings. The second kappa shape index (κ2) is 5.47. The van der Waals surface area contributed by atoms with E-state index in [2.05, 4.69) is 5.16 Å². The summed E-state index contributed by atoms with van der Waals surface area (Å²) in [7, 11) is 0. The standard InChI is InChI=1S/C11H16N2O4/c1-4-13(7(2)5-10(14)15)11(16)9-6-12-17-8(9)3/h6-7H,4-5H2,1-3H3,(H,14,15). The summed E-state index contributed by atoms with van der Waals surface area (Å²) in [6, 6.07) is -0.362. The Hall–Kier alpha value is -1.85. The number of carboxylic acid groups (broad SMARTS) is 1. The van der Waals surface area contributed by atoms with Crippen molar-refractivity contribution in [2.24, 2.45) is 0 Å². The van der Waals surface area contributed by atoms with Crippen LogP contribution in [0.5, 0.6) is 0 Å². The molecule has 0 saturated carbocycles. The van der Waals surface area contributed by atoms with Gasteiger partial charge in [-0.15, -0.1) is 0 Å². The number of nitrogens with zero attached hydrogens (tertiary/aromatic N) is 2. The Morgan fingerprint density at radius 2 is 2.24 bits per heavy atom. The smallest absolute Gasteiger partial charge is 0.305 e. The Bertz CT molecular complexity index is 413. The summed E-state index contributed by atoms with van der Waals surface area (Å²) in [6.45, 7) is 5.60. The van der Waals surface area contributed by atoms with Crippen molar-refractivity contribution in [2.75, 3.05) is 6.54 Å². The van der Waals surface area contributed by atoms with Gasteiger partial charge < -0.3 is 14.5 Å². The number of carbonyl (C=O) groups excluding carboxylic acids is 1. The summed E-state index contributed by atoms with van der Waals surface area (Å²) in [6.07, 6.45) is 1.28. The quantitative estimate of drug-likeness (QED) is 0.838. The van der Waals surface area contributed by atoms with Crippen LogP contribution in [-0.4, -0.2) is 39.6 Å². The molecule has 1 rings (SSSR count). The summed E-state index contributed by atoms with van der Waals surface area (Å²) in [5.74, 6) is -0.734. The zero-order valence-corrected chi connectivity index (χ0v) is 10.1. The second-order valence-corrected chi connectivity index (χ2v) is 3.83. The number of aliphatic carboxylic acids is 1. The average molecular weight is 240 g/mol. The number of rotatable bonds is 5. The molecular weight excluding hydrogens is 224 g/mol. The summed E-state index contributed by atoms with van der Waals surface area (Å²) < 4.78 is 4.83. The zero-order chi connectivity index (χ0) is 13.0. The van der Waals surface area contributed by atoms with E-state index in [1.54, 1.807) is 20.8 Å². The SMILES string of the molecule is CCN(C(=O)c1cnoc1C)C(C)CC(=O)O. The van der Waals surface area contributed by atoms with Crippen molar-refractivity contribution < 1.29 is 19.2 Å². The Kier molecular flexibility index (Phi) is 4.25. The lowest BCUT2D eigenvalue weighted by atomic mass is 10.1. The third-order valence-corrected chi connectivity index (χ3v) is 2.58. The first-order valence-corrected chi connectivity index (χ1v) is 5.41. The molecule has 1 amide bonds. The lowest BCUT2D eigenvalue weighted by molar-refractivity contribution is -0.138. The first-order chi connectivity index (χ1) is 7.97. The molecule has 6 nitrogen and oxygen atoms in total. The molecule has 0 bridgehead atoms. The molecule has 1 N–H and O–H groups in total. The number of aryl methyl sites for hydroxylation is 1. The van der Waals surface area contributed by atoms with Gasteiger partial charge in [0.1, 0.15) is 11.3 Å². The van der Waals surface area contributed by atoms with Gasteiger partial charge >= 0.3 is 5.97 Å². The predicted molar refractivity (Wildman–Crippen MR) is 59.7 cm³/mol. The normalized spacial score (nSPS) is 12.2. The van der Waals surface area contributed by atoms with Gasteiger partial charge in [-0.25, -0.2) is 0 Å². The minimum atomic E-state index is -0.925. The molecule has 0 saturated heterocycles. The molecule has 0 aliphatic rings. The molecular formula is C11H16N2O4. The van der Waals surface area contributed by atoms with Crippen molar-refractivity contribution in [1.29, 1.82) is 0 Å². The van der Waals surface area contributed by atoms with Crippen LogP contribution >= 0.6 is 0 Å². The summed E-state index contributed by atoms with van der Waals surface area (Å²) in [5.41, 5.74) is 0.379. The molecule has 1 heterocycles. The van der Waals surface area contributed by atoms with Gasteiger partial charge in [-0.1, -0.05) is 5.16 Å². The van der Waals surface area contributed by atoms with Crippen LogP contribution in [0.25, 0.3) is 0 Å². The summed E-state index contributed by atoms with van der Waals surface area (Å²) in [5, 5.41) is 12.3. The van der Waals surface area contributed by atoms with Crippen LogP contribution in [0.2, 0.25) is 0 Å². The highest BCUT2D eigenvalue weighted by Crippen LogP contribution is 2.13. The highest BCUT2D eigenvalue weighted by Gasteiger charge is 2.24. The van der Waals surface area contributed by atoms with Gasteiger partial charge in [0.25, 0.3) is 5.91 Å². The van der Waals surface area contributed by atoms with E-state index >= 15 is 0 Å². The number of carboxylic acids is 1. The molecule has 0 radical (unpaired) electrons. The number of hydrogen-bond acceptors (Lipinski definition) is 4. The molecule has 0 aliphatic carbocycles. The fourth-order valence-electron chi connectivity index (χ4n) is 1.68. The Morgan fingerprint density at radius 1 is 1.59 bits per heavy atom. The molecule has 6 heteroatoms. The number of carbonyl (C=O) groups is 2. The first kappa shape index (κ1) is 13.2. The zero-order valence-electron chi connectivity index (χ0n) is 10.1. The summed E-state index contributed by atoms with van der Waals surface area (Å²) in [4.78, 5) is 24.2. The van der Waals surface area contributed by atoms with Crippen molar-refractivity contribution in [1.82, 2.24) is 10.1 Å². The number of aromatic nitrogens is 1. The van der Waals surface area contributed by atoms with E-state index in [1.165, 1.54) is 11.1 Å². The summed E-state index contributed by atoms with van der Waals surface area (Å²) >= 11 is 0. The first-order valence-electron chi connectivity index (χ1n) is 5.41. The molecule has 1 unspecified atom stereocenters. The van der Waals surface area contributed by atoms with Crippen LogP contribution in [-0.2, 0) is 4.79 Å². The highest BCUT2D eigenvalue weighted by atomic mass is 16.5. The Balaban J connectivity index is 2.84. The minimum absolute atomic E-state index is 0.0795. The van der Waals surface area contributed by atoms with Crippen LogP contribution in [0.4, 0.5) is 0 Å². The van der Waals surface area contributed by atoms with Gasteiger partial charge in [-0.3, -0.25) is 9.59 Å². The second-order valence-electron chi connectivity index (χ2n) is 3.83. The third kappa shape index (κ3) is 3.05. The molecule has 0 aliphatic heterocycles. The third-order valence-electron chi connectivity index (χ3n) is 2.58. The minimum Gasteiger partial charge on any atom is -0.481 e. The van der Waals surface area contributed by atoms with Crippen molar-refractivity contribution in [3.05, 3.63) is 17.5 Å². The molecule has 0 fully saturated rings. The van der Waals surface area contributed by atoms with Gasteiger partial charge in [0, 0.05) is 12.6 Å². The van der Waals surface area contributed by atoms with Gasteiger partial charge in [0.15, 0.2) is 0 Å². The predicted octanol–water partition coefficient (Wildman–Crippen LogP) is 1.31. The van der Waals surface area contributed by atoms with Gasteiger partial charge in [0.2, 0.25) is 0 Å². The monoisotopic (exact) mass is 240 g/mol. The maximum atomic E-state index is 12.1. The topological polar surface area (TPSA) is 83.6 Å². The van der Waals surface area contributed by atoms with Gasteiger partial charge in [-0.05, 0) is 20.8 Å². The molecule has 0 spiro atoms. The Labute approximate surface area is 99.2 Å². The van der Waals surface area contributed by atoms with E-state index in [4.69, 9.17) is 9.63 Å². The van der Waals surface area contributed by atoms with Crippen LogP contribution in [0.1, 0.15) is 36.4 Å².